The van der Waals surface area contributed by atoms with Crippen LogP contribution < -0.4 is 5.32 Å². The Labute approximate surface area is 79.9 Å². The first kappa shape index (κ1) is 12.4. The van der Waals surface area contributed by atoms with Gasteiger partial charge in [-0.25, -0.2) is 0 Å². The predicted molar refractivity (Wildman–Crippen MR) is 52.9 cm³/mol. The lowest BCUT2D eigenvalue weighted by Crippen LogP contribution is -2.35. The normalized spacial score (nSPS) is 13.2. The second-order valence-electron chi connectivity index (χ2n) is 3.51. The fourth-order valence-corrected chi connectivity index (χ4v) is 0.858. The van der Waals surface area contributed by atoms with E-state index >= 15 is 0 Å². The van der Waals surface area contributed by atoms with Gasteiger partial charge in [0.1, 0.15) is 0 Å². The fraction of sp³-hybridized carbons (Fsp3) is 0.889. The van der Waals surface area contributed by atoms with E-state index in [-0.39, 0.29) is 6.42 Å². The highest BCUT2D eigenvalue weighted by atomic mass is 16.4. The molecular weight excluding hydrogens is 168 g/mol. The summed E-state index contributed by atoms with van der Waals surface area (Å²) in [5, 5.41) is 11.6. The van der Waals surface area contributed by atoms with Gasteiger partial charge in [0.25, 0.3) is 0 Å². The summed E-state index contributed by atoms with van der Waals surface area (Å²) in [6.45, 7) is 3.82. The Morgan fingerprint density at radius 2 is 2.15 bits per heavy atom. The van der Waals surface area contributed by atoms with Gasteiger partial charge in [-0.15, -0.1) is 0 Å². The number of nitrogens with one attached hydrogen (secondary N) is 1. The lowest BCUT2D eigenvalue weighted by molar-refractivity contribution is -0.137. The number of rotatable bonds is 7. The van der Waals surface area contributed by atoms with Crippen molar-refractivity contribution in [2.45, 2.75) is 25.8 Å². The quantitative estimate of drug-likeness (QED) is 0.567. The molecule has 0 aliphatic heterocycles. The molecule has 1 atom stereocenters. The van der Waals surface area contributed by atoms with Crippen LogP contribution in [0.15, 0.2) is 0 Å². The molecule has 0 saturated heterocycles. The molecule has 0 aromatic rings. The van der Waals surface area contributed by atoms with Gasteiger partial charge >= 0.3 is 5.97 Å². The summed E-state index contributed by atoms with van der Waals surface area (Å²) in [6.07, 6.45) is 0.957. The fourth-order valence-electron chi connectivity index (χ4n) is 0.858. The summed E-state index contributed by atoms with van der Waals surface area (Å²) < 4.78 is 0. The van der Waals surface area contributed by atoms with Crippen LogP contribution in [-0.2, 0) is 4.79 Å². The van der Waals surface area contributed by atoms with Gasteiger partial charge in [0, 0.05) is 19.0 Å². The molecule has 0 saturated carbocycles. The van der Waals surface area contributed by atoms with Crippen molar-refractivity contribution >= 4 is 5.97 Å². The van der Waals surface area contributed by atoms with Crippen LogP contribution in [0, 0.1) is 0 Å². The van der Waals surface area contributed by atoms with E-state index in [2.05, 4.69) is 17.1 Å². The predicted octanol–water partition coefficient (Wildman–Crippen LogP) is 0.391. The smallest absolute Gasteiger partial charge is 0.303 e. The Kier molecular flexibility index (Phi) is 6.54. The molecule has 0 fully saturated rings. The molecule has 0 bridgehead atoms. The van der Waals surface area contributed by atoms with E-state index in [1.165, 1.54) is 0 Å². The molecule has 0 heterocycles. The van der Waals surface area contributed by atoms with Crippen LogP contribution >= 0.6 is 0 Å². The van der Waals surface area contributed by atoms with Crippen molar-refractivity contribution in [3.05, 3.63) is 0 Å². The summed E-state index contributed by atoms with van der Waals surface area (Å²) in [5.74, 6) is -0.720. The zero-order valence-electron chi connectivity index (χ0n) is 8.71. The first-order chi connectivity index (χ1) is 6.04. The number of carbonyl (C=O) groups is 1. The summed E-state index contributed by atoms with van der Waals surface area (Å²) >= 11 is 0. The number of hydrogen-bond acceptors (Lipinski definition) is 3. The number of carboxylic acid groups (broad SMARTS) is 1. The summed E-state index contributed by atoms with van der Waals surface area (Å²) in [4.78, 5) is 12.3. The van der Waals surface area contributed by atoms with Crippen LogP contribution in [0.5, 0.6) is 0 Å². The van der Waals surface area contributed by atoms with E-state index in [1.54, 1.807) is 0 Å². The summed E-state index contributed by atoms with van der Waals surface area (Å²) in [7, 11) is 4.06. The Morgan fingerprint density at radius 3 is 2.62 bits per heavy atom. The van der Waals surface area contributed by atoms with E-state index < -0.39 is 5.97 Å². The molecule has 0 aliphatic rings. The van der Waals surface area contributed by atoms with Gasteiger partial charge in [-0.2, -0.15) is 0 Å². The molecule has 0 radical (unpaired) electrons. The number of nitrogens with zero attached hydrogens (tertiary/aromatic N) is 1. The average molecular weight is 188 g/mol. The lowest BCUT2D eigenvalue weighted by atomic mass is 10.3. The Bertz CT molecular complexity index is 149. The van der Waals surface area contributed by atoms with E-state index in [4.69, 9.17) is 5.11 Å². The highest BCUT2D eigenvalue weighted by molar-refractivity contribution is 5.66. The van der Waals surface area contributed by atoms with Crippen molar-refractivity contribution in [2.24, 2.45) is 0 Å². The maximum atomic E-state index is 10.2. The lowest BCUT2D eigenvalue weighted by Gasteiger charge is -2.19. The largest absolute Gasteiger partial charge is 0.481 e. The van der Waals surface area contributed by atoms with Crippen LogP contribution in [0.3, 0.4) is 0 Å². The molecule has 0 amide bonds. The molecule has 1 unspecified atom stereocenters. The van der Waals surface area contributed by atoms with Crippen LogP contribution in [0.4, 0.5) is 0 Å². The van der Waals surface area contributed by atoms with E-state index in [0.717, 1.165) is 13.1 Å². The van der Waals surface area contributed by atoms with Crippen molar-refractivity contribution in [3.63, 3.8) is 0 Å². The second kappa shape index (κ2) is 6.86. The third-order valence-corrected chi connectivity index (χ3v) is 2.07. The average Bonchev–Trinajstić information content (AvgIpc) is 2.02. The number of carboxylic acids is 1. The van der Waals surface area contributed by atoms with Gasteiger partial charge in [0.05, 0.1) is 0 Å². The van der Waals surface area contributed by atoms with Gasteiger partial charge in [-0.05, 0) is 34.0 Å². The number of aliphatic carboxylic acids is 1. The van der Waals surface area contributed by atoms with Crippen molar-refractivity contribution in [1.82, 2.24) is 10.2 Å². The van der Waals surface area contributed by atoms with Gasteiger partial charge in [-0.1, -0.05) is 0 Å². The molecule has 0 aliphatic carbocycles. The minimum absolute atomic E-state index is 0.253. The summed E-state index contributed by atoms with van der Waals surface area (Å²) in [5.41, 5.74) is 0. The van der Waals surface area contributed by atoms with Crippen LogP contribution in [0.1, 0.15) is 19.8 Å². The number of hydrogen-bond donors (Lipinski definition) is 2. The monoisotopic (exact) mass is 188 g/mol. The standard InChI is InChI=1S/C9H20N2O2/c1-8(11(2)3)7-10-6-4-5-9(12)13/h8,10H,4-7H2,1-3H3,(H,12,13). The topological polar surface area (TPSA) is 52.6 Å². The number of likely N-dealkylation sites (N-methyl/N-ethyl adjacent to an activating group) is 1. The molecule has 0 rings (SSSR count). The molecule has 4 nitrogen and oxygen atoms in total. The van der Waals surface area contributed by atoms with Gasteiger partial charge in [-0.3, -0.25) is 4.79 Å². The van der Waals surface area contributed by atoms with Crippen molar-refractivity contribution in [2.75, 3.05) is 27.2 Å². The minimum atomic E-state index is -0.720. The molecule has 0 aromatic carbocycles. The molecule has 2 N–H and O–H groups in total. The zero-order chi connectivity index (χ0) is 10.3. The molecule has 0 aromatic heterocycles. The Morgan fingerprint density at radius 1 is 1.54 bits per heavy atom. The Hall–Kier alpha value is -0.610. The van der Waals surface area contributed by atoms with Crippen LogP contribution in [0.25, 0.3) is 0 Å². The second-order valence-corrected chi connectivity index (χ2v) is 3.51. The maximum absolute atomic E-state index is 10.2. The van der Waals surface area contributed by atoms with Gasteiger partial charge in [0.2, 0.25) is 0 Å². The third-order valence-electron chi connectivity index (χ3n) is 2.07. The van der Waals surface area contributed by atoms with Crippen molar-refractivity contribution < 1.29 is 9.90 Å². The Balaban J connectivity index is 3.21. The summed E-state index contributed by atoms with van der Waals surface area (Å²) in [6, 6.07) is 0.491. The molecule has 4 heteroatoms. The zero-order valence-corrected chi connectivity index (χ0v) is 8.71. The first-order valence-electron chi connectivity index (χ1n) is 4.63. The minimum Gasteiger partial charge on any atom is -0.481 e. The maximum Gasteiger partial charge on any atom is 0.303 e. The highest BCUT2D eigenvalue weighted by Gasteiger charge is 2.02. The SMILES string of the molecule is CC(CNCCCC(=O)O)N(C)C. The third kappa shape index (κ3) is 7.74. The molecular formula is C9H20N2O2. The van der Waals surface area contributed by atoms with E-state index in [0.29, 0.717) is 12.5 Å². The highest BCUT2D eigenvalue weighted by Crippen LogP contribution is 1.90. The van der Waals surface area contributed by atoms with Crippen LogP contribution in [0.2, 0.25) is 0 Å². The van der Waals surface area contributed by atoms with Crippen molar-refractivity contribution in [3.8, 4) is 0 Å². The molecule has 0 spiro atoms. The van der Waals surface area contributed by atoms with E-state index in [1.807, 2.05) is 14.1 Å². The molecule has 78 valence electrons. The van der Waals surface area contributed by atoms with E-state index in [9.17, 15) is 4.79 Å². The van der Waals surface area contributed by atoms with Gasteiger partial charge < -0.3 is 15.3 Å². The molecule has 13 heavy (non-hydrogen) atoms. The first-order valence-corrected chi connectivity index (χ1v) is 4.63. The van der Waals surface area contributed by atoms with Crippen LogP contribution in [-0.4, -0.2) is 49.2 Å². The van der Waals surface area contributed by atoms with Gasteiger partial charge in [0.15, 0.2) is 0 Å². The van der Waals surface area contributed by atoms with Crippen molar-refractivity contribution in [1.29, 1.82) is 0 Å².